The molecule has 0 spiro atoms. The number of hydrogen-bond donors (Lipinski definition) is 1. The average molecular weight is 246 g/mol. The Kier molecular flexibility index (Phi) is 3.48. The average Bonchev–Trinajstić information content (AvgIpc) is 2.55. The molecule has 0 saturated carbocycles. The standard InChI is InChI=1S/C8H12BrN3O/c1-6(9)8(13)12(2)5-7-3-10-11-4-7/h3-4,6H,5H2,1-2H3,(H,10,11). The van der Waals surface area contributed by atoms with Gasteiger partial charge in [0, 0.05) is 25.4 Å². The summed E-state index contributed by atoms with van der Waals surface area (Å²) in [4.78, 5) is 12.9. The van der Waals surface area contributed by atoms with Gasteiger partial charge in [-0.1, -0.05) is 15.9 Å². The summed E-state index contributed by atoms with van der Waals surface area (Å²) in [6, 6.07) is 0. The van der Waals surface area contributed by atoms with Crippen LogP contribution in [0.15, 0.2) is 12.4 Å². The van der Waals surface area contributed by atoms with Gasteiger partial charge in [0.05, 0.1) is 11.0 Å². The predicted molar refractivity (Wildman–Crippen MR) is 53.5 cm³/mol. The Bertz CT molecular complexity index is 271. The lowest BCUT2D eigenvalue weighted by atomic mass is 10.3. The van der Waals surface area contributed by atoms with Crippen LogP contribution in [0.2, 0.25) is 0 Å². The minimum absolute atomic E-state index is 0.0706. The van der Waals surface area contributed by atoms with E-state index in [4.69, 9.17) is 0 Å². The second kappa shape index (κ2) is 4.41. The summed E-state index contributed by atoms with van der Waals surface area (Å²) in [7, 11) is 1.77. The first-order valence-electron chi connectivity index (χ1n) is 3.98. The van der Waals surface area contributed by atoms with Gasteiger partial charge in [-0.15, -0.1) is 0 Å². The molecule has 1 unspecified atom stereocenters. The van der Waals surface area contributed by atoms with Crippen molar-refractivity contribution in [3.05, 3.63) is 18.0 Å². The lowest BCUT2D eigenvalue weighted by molar-refractivity contribution is -0.129. The topological polar surface area (TPSA) is 49.0 Å². The summed E-state index contributed by atoms with van der Waals surface area (Å²) in [6.07, 6.45) is 3.49. The molecule has 4 nitrogen and oxygen atoms in total. The number of aromatic amines is 1. The third-order valence-corrected chi connectivity index (χ3v) is 2.08. The molecule has 1 rings (SSSR count). The van der Waals surface area contributed by atoms with E-state index in [2.05, 4.69) is 26.1 Å². The molecule has 1 atom stereocenters. The molecule has 0 fully saturated rings. The number of nitrogens with one attached hydrogen (secondary N) is 1. The lowest BCUT2D eigenvalue weighted by Crippen LogP contribution is -2.31. The molecule has 72 valence electrons. The fourth-order valence-corrected chi connectivity index (χ4v) is 1.37. The van der Waals surface area contributed by atoms with Gasteiger partial charge in [-0.3, -0.25) is 9.89 Å². The first-order chi connectivity index (χ1) is 6.11. The molecule has 0 radical (unpaired) electrons. The van der Waals surface area contributed by atoms with E-state index in [1.54, 1.807) is 24.3 Å². The zero-order chi connectivity index (χ0) is 9.84. The van der Waals surface area contributed by atoms with E-state index in [0.717, 1.165) is 5.56 Å². The molecule has 0 aliphatic rings. The van der Waals surface area contributed by atoms with Crippen molar-refractivity contribution in [1.29, 1.82) is 0 Å². The maximum atomic E-state index is 11.4. The monoisotopic (exact) mass is 245 g/mol. The van der Waals surface area contributed by atoms with Crippen molar-refractivity contribution < 1.29 is 4.79 Å². The van der Waals surface area contributed by atoms with Gasteiger partial charge in [-0.05, 0) is 6.92 Å². The van der Waals surface area contributed by atoms with Crippen molar-refractivity contribution in [2.24, 2.45) is 0 Å². The number of nitrogens with zero attached hydrogens (tertiary/aromatic N) is 2. The summed E-state index contributed by atoms with van der Waals surface area (Å²) in [6.45, 7) is 2.40. The van der Waals surface area contributed by atoms with E-state index in [1.807, 2.05) is 6.92 Å². The molecule has 0 bridgehead atoms. The summed E-state index contributed by atoms with van der Waals surface area (Å²) < 4.78 is 0. The van der Waals surface area contributed by atoms with Gasteiger partial charge in [0.25, 0.3) is 0 Å². The quantitative estimate of drug-likeness (QED) is 0.813. The maximum absolute atomic E-state index is 11.4. The van der Waals surface area contributed by atoms with Gasteiger partial charge in [-0.2, -0.15) is 5.10 Å². The zero-order valence-corrected chi connectivity index (χ0v) is 9.21. The maximum Gasteiger partial charge on any atom is 0.236 e. The van der Waals surface area contributed by atoms with E-state index in [0.29, 0.717) is 6.54 Å². The Morgan fingerprint density at radius 1 is 1.85 bits per heavy atom. The minimum Gasteiger partial charge on any atom is -0.340 e. The fourth-order valence-electron chi connectivity index (χ4n) is 1.02. The number of carbonyl (C=O) groups is 1. The van der Waals surface area contributed by atoms with Crippen molar-refractivity contribution in [1.82, 2.24) is 15.1 Å². The Balaban J connectivity index is 2.51. The van der Waals surface area contributed by atoms with Crippen LogP contribution in [0.3, 0.4) is 0 Å². The Morgan fingerprint density at radius 2 is 2.54 bits per heavy atom. The smallest absolute Gasteiger partial charge is 0.236 e. The highest BCUT2D eigenvalue weighted by molar-refractivity contribution is 9.10. The summed E-state index contributed by atoms with van der Waals surface area (Å²) in [5, 5.41) is 6.51. The Morgan fingerprint density at radius 3 is 3.00 bits per heavy atom. The van der Waals surface area contributed by atoms with Crippen molar-refractivity contribution >= 4 is 21.8 Å². The van der Waals surface area contributed by atoms with Gasteiger partial charge < -0.3 is 4.90 Å². The summed E-state index contributed by atoms with van der Waals surface area (Å²) >= 11 is 3.23. The SMILES string of the molecule is CC(Br)C(=O)N(C)Cc1cn[nH]c1. The number of alkyl halides is 1. The largest absolute Gasteiger partial charge is 0.340 e. The number of halogens is 1. The third-order valence-electron chi connectivity index (χ3n) is 1.69. The molecule has 5 heteroatoms. The van der Waals surface area contributed by atoms with Gasteiger partial charge >= 0.3 is 0 Å². The van der Waals surface area contributed by atoms with Gasteiger partial charge in [0.1, 0.15) is 0 Å². The molecule has 0 aromatic carbocycles. The van der Waals surface area contributed by atoms with E-state index in [1.165, 1.54) is 0 Å². The number of hydrogen-bond acceptors (Lipinski definition) is 2. The Labute approximate surface area is 85.4 Å². The van der Waals surface area contributed by atoms with Crippen LogP contribution in [0.25, 0.3) is 0 Å². The van der Waals surface area contributed by atoms with Crippen molar-refractivity contribution in [3.63, 3.8) is 0 Å². The number of rotatable bonds is 3. The van der Waals surface area contributed by atoms with Crippen molar-refractivity contribution in [2.45, 2.75) is 18.3 Å². The highest BCUT2D eigenvalue weighted by Crippen LogP contribution is 2.06. The normalized spacial score (nSPS) is 12.5. The van der Waals surface area contributed by atoms with E-state index >= 15 is 0 Å². The molecule has 1 aromatic heterocycles. The number of carbonyl (C=O) groups excluding carboxylic acids is 1. The first kappa shape index (κ1) is 10.2. The number of H-pyrrole nitrogens is 1. The first-order valence-corrected chi connectivity index (χ1v) is 4.89. The minimum atomic E-state index is -0.135. The molecule has 13 heavy (non-hydrogen) atoms. The van der Waals surface area contributed by atoms with Crippen LogP contribution in [0.4, 0.5) is 0 Å². The summed E-state index contributed by atoms with van der Waals surface area (Å²) in [5.74, 6) is 0.0706. The van der Waals surface area contributed by atoms with Crippen LogP contribution in [-0.4, -0.2) is 32.9 Å². The van der Waals surface area contributed by atoms with Crippen LogP contribution in [0, 0.1) is 0 Å². The number of amides is 1. The van der Waals surface area contributed by atoms with Gasteiger partial charge in [0.2, 0.25) is 5.91 Å². The molecule has 1 heterocycles. The summed E-state index contributed by atoms with van der Waals surface area (Å²) in [5.41, 5.74) is 1.00. The molecule has 1 N–H and O–H groups in total. The van der Waals surface area contributed by atoms with E-state index in [-0.39, 0.29) is 10.7 Å². The lowest BCUT2D eigenvalue weighted by Gasteiger charge is -2.17. The number of aromatic nitrogens is 2. The Hall–Kier alpha value is -0.840. The predicted octanol–water partition coefficient (Wildman–Crippen LogP) is 1.15. The van der Waals surface area contributed by atoms with Gasteiger partial charge in [0.15, 0.2) is 0 Å². The second-order valence-electron chi connectivity index (χ2n) is 2.92. The van der Waals surface area contributed by atoms with Crippen LogP contribution in [-0.2, 0) is 11.3 Å². The fraction of sp³-hybridized carbons (Fsp3) is 0.500. The zero-order valence-electron chi connectivity index (χ0n) is 7.62. The van der Waals surface area contributed by atoms with Crippen LogP contribution >= 0.6 is 15.9 Å². The van der Waals surface area contributed by atoms with E-state index in [9.17, 15) is 4.79 Å². The second-order valence-corrected chi connectivity index (χ2v) is 4.29. The molecule has 0 saturated heterocycles. The molecule has 0 aliphatic carbocycles. The van der Waals surface area contributed by atoms with Crippen LogP contribution < -0.4 is 0 Å². The molecule has 1 amide bonds. The van der Waals surface area contributed by atoms with Crippen molar-refractivity contribution in [2.75, 3.05) is 7.05 Å². The highest BCUT2D eigenvalue weighted by atomic mass is 79.9. The third kappa shape index (κ3) is 2.84. The van der Waals surface area contributed by atoms with Gasteiger partial charge in [-0.25, -0.2) is 0 Å². The molecular formula is C8H12BrN3O. The molecular weight excluding hydrogens is 234 g/mol. The highest BCUT2D eigenvalue weighted by Gasteiger charge is 2.14. The molecule has 1 aromatic rings. The van der Waals surface area contributed by atoms with Crippen LogP contribution in [0.1, 0.15) is 12.5 Å². The van der Waals surface area contributed by atoms with Crippen LogP contribution in [0.5, 0.6) is 0 Å². The van der Waals surface area contributed by atoms with Crippen molar-refractivity contribution in [3.8, 4) is 0 Å². The van der Waals surface area contributed by atoms with E-state index < -0.39 is 0 Å². The molecule has 0 aliphatic heterocycles.